The average molecular weight is 295 g/mol. The summed E-state index contributed by atoms with van der Waals surface area (Å²) in [6.45, 7) is 5.14. The molecule has 1 aromatic carbocycles. The van der Waals surface area contributed by atoms with Crippen molar-refractivity contribution in [2.24, 2.45) is 0 Å². The van der Waals surface area contributed by atoms with Gasteiger partial charge in [0.05, 0.1) is 7.11 Å². The van der Waals surface area contributed by atoms with Crippen molar-refractivity contribution in [3.8, 4) is 5.75 Å². The molecule has 0 bridgehead atoms. The van der Waals surface area contributed by atoms with E-state index in [1.165, 1.54) is 7.11 Å². The second-order valence-corrected chi connectivity index (χ2v) is 5.59. The normalized spacial score (nSPS) is 12.4. The maximum Gasteiger partial charge on any atom is 0.408 e. The minimum absolute atomic E-state index is 0.145. The summed E-state index contributed by atoms with van der Waals surface area (Å²) in [5, 5.41) is 11.6. The fourth-order valence-corrected chi connectivity index (χ4v) is 1.69. The van der Waals surface area contributed by atoms with Crippen molar-refractivity contribution in [1.29, 1.82) is 0 Å². The smallest absolute Gasteiger partial charge is 0.408 e. The molecule has 6 nitrogen and oxygen atoms in total. The van der Waals surface area contributed by atoms with Crippen LogP contribution in [0.5, 0.6) is 5.75 Å². The Morgan fingerprint density at radius 3 is 2.52 bits per heavy atom. The third-order valence-corrected chi connectivity index (χ3v) is 2.56. The van der Waals surface area contributed by atoms with E-state index in [1.807, 2.05) is 0 Å². The second-order valence-electron chi connectivity index (χ2n) is 5.59. The van der Waals surface area contributed by atoms with Crippen molar-refractivity contribution < 1.29 is 24.2 Å². The Morgan fingerprint density at radius 1 is 1.33 bits per heavy atom. The third-order valence-electron chi connectivity index (χ3n) is 2.56. The van der Waals surface area contributed by atoms with Gasteiger partial charge in [0.25, 0.3) is 0 Å². The van der Waals surface area contributed by atoms with Crippen molar-refractivity contribution >= 4 is 12.1 Å². The molecule has 1 amide bonds. The molecule has 0 saturated carbocycles. The molecule has 0 aromatic heterocycles. The van der Waals surface area contributed by atoms with Gasteiger partial charge in [0.1, 0.15) is 17.4 Å². The van der Waals surface area contributed by atoms with Gasteiger partial charge < -0.3 is 19.9 Å². The maximum atomic E-state index is 11.7. The van der Waals surface area contributed by atoms with Crippen LogP contribution in [0.1, 0.15) is 26.3 Å². The second kappa shape index (κ2) is 6.97. The highest BCUT2D eigenvalue weighted by molar-refractivity contribution is 5.80. The highest BCUT2D eigenvalue weighted by Gasteiger charge is 2.24. The predicted octanol–water partition coefficient (Wildman–Crippen LogP) is 2.22. The van der Waals surface area contributed by atoms with Gasteiger partial charge in [-0.3, -0.25) is 0 Å². The van der Waals surface area contributed by atoms with E-state index in [0.717, 1.165) is 5.56 Å². The fraction of sp³-hybridized carbons (Fsp3) is 0.467. The van der Waals surface area contributed by atoms with E-state index in [9.17, 15) is 14.7 Å². The number of carbonyl (C=O) groups excluding carboxylic acids is 1. The van der Waals surface area contributed by atoms with Crippen LogP contribution >= 0.6 is 0 Å². The minimum atomic E-state index is -1.12. The van der Waals surface area contributed by atoms with Gasteiger partial charge in [-0.2, -0.15) is 0 Å². The number of carboxylic acid groups (broad SMARTS) is 1. The molecule has 0 unspecified atom stereocenters. The number of carbonyl (C=O) groups is 2. The van der Waals surface area contributed by atoms with Crippen LogP contribution in [0.2, 0.25) is 0 Å². The van der Waals surface area contributed by atoms with Crippen LogP contribution in [-0.4, -0.2) is 35.9 Å². The van der Waals surface area contributed by atoms with Gasteiger partial charge in [0.15, 0.2) is 0 Å². The lowest BCUT2D eigenvalue weighted by Crippen LogP contribution is -2.44. The third kappa shape index (κ3) is 6.16. The zero-order valence-corrected chi connectivity index (χ0v) is 12.7. The molecule has 6 heteroatoms. The van der Waals surface area contributed by atoms with Crippen LogP contribution in [0.4, 0.5) is 4.79 Å². The highest BCUT2D eigenvalue weighted by atomic mass is 16.6. The molecule has 21 heavy (non-hydrogen) atoms. The van der Waals surface area contributed by atoms with Gasteiger partial charge in [-0.25, -0.2) is 9.59 Å². The molecule has 1 aromatic rings. The molecule has 1 atom stereocenters. The summed E-state index contributed by atoms with van der Waals surface area (Å²) in [7, 11) is 1.53. The molecule has 0 fully saturated rings. The number of aliphatic carboxylic acids is 1. The number of methoxy groups -OCH3 is 1. The SMILES string of the molecule is COc1cccc(C[C@@H](NC(=O)OC(C)(C)C)C(=O)O)c1. The van der Waals surface area contributed by atoms with Crippen LogP contribution in [-0.2, 0) is 16.0 Å². The Bertz CT molecular complexity index is 507. The van der Waals surface area contributed by atoms with Gasteiger partial charge in [0, 0.05) is 6.42 Å². The van der Waals surface area contributed by atoms with Crippen LogP contribution in [0.15, 0.2) is 24.3 Å². The van der Waals surface area contributed by atoms with E-state index < -0.39 is 23.7 Å². The molecule has 0 radical (unpaired) electrons. The number of ether oxygens (including phenoxy) is 2. The van der Waals surface area contributed by atoms with Crippen LogP contribution < -0.4 is 10.1 Å². The van der Waals surface area contributed by atoms with Crippen LogP contribution in [0, 0.1) is 0 Å². The molecule has 0 aliphatic heterocycles. The fourth-order valence-electron chi connectivity index (χ4n) is 1.69. The lowest BCUT2D eigenvalue weighted by molar-refractivity contribution is -0.139. The van der Waals surface area contributed by atoms with Gasteiger partial charge in [-0.15, -0.1) is 0 Å². The Hall–Kier alpha value is -2.24. The van der Waals surface area contributed by atoms with Crippen molar-refractivity contribution in [3.63, 3.8) is 0 Å². The molecule has 0 spiro atoms. The molecule has 0 heterocycles. The number of alkyl carbamates (subject to hydrolysis) is 1. The standard InChI is InChI=1S/C15H21NO5/c1-15(2,3)21-14(19)16-12(13(17)18)9-10-6-5-7-11(8-10)20-4/h5-8,12H,9H2,1-4H3,(H,16,19)(H,17,18)/t12-/m1/s1. The Labute approximate surface area is 124 Å². The molecule has 1 rings (SSSR count). The van der Waals surface area contributed by atoms with Crippen molar-refractivity contribution in [2.75, 3.05) is 7.11 Å². The van der Waals surface area contributed by atoms with Gasteiger partial charge in [0.2, 0.25) is 0 Å². The summed E-state index contributed by atoms with van der Waals surface area (Å²) < 4.78 is 10.1. The zero-order chi connectivity index (χ0) is 16.0. The Kier molecular flexibility index (Phi) is 5.58. The summed E-state index contributed by atoms with van der Waals surface area (Å²) in [6.07, 6.45) is -0.607. The molecule has 0 saturated heterocycles. The molecular weight excluding hydrogens is 274 g/mol. The first kappa shape index (κ1) is 16.8. The lowest BCUT2D eigenvalue weighted by Gasteiger charge is -2.22. The number of nitrogens with one attached hydrogen (secondary N) is 1. The van der Waals surface area contributed by atoms with E-state index in [4.69, 9.17) is 9.47 Å². The van der Waals surface area contributed by atoms with E-state index in [-0.39, 0.29) is 6.42 Å². The van der Waals surface area contributed by atoms with Crippen LogP contribution in [0.3, 0.4) is 0 Å². The zero-order valence-electron chi connectivity index (χ0n) is 12.7. The summed E-state index contributed by atoms with van der Waals surface area (Å²) in [5.74, 6) is -0.488. The van der Waals surface area contributed by atoms with Gasteiger partial charge in [-0.05, 0) is 38.5 Å². The van der Waals surface area contributed by atoms with E-state index in [2.05, 4.69) is 5.32 Å². The molecule has 0 aliphatic carbocycles. The highest BCUT2D eigenvalue weighted by Crippen LogP contribution is 2.14. The first-order valence-corrected chi connectivity index (χ1v) is 6.56. The average Bonchev–Trinajstić information content (AvgIpc) is 2.36. The Balaban J connectivity index is 2.74. The topological polar surface area (TPSA) is 84.9 Å². The number of hydrogen-bond donors (Lipinski definition) is 2. The summed E-state index contributed by atoms with van der Waals surface area (Å²) >= 11 is 0. The van der Waals surface area contributed by atoms with Gasteiger partial charge in [-0.1, -0.05) is 12.1 Å². The monoisotopic (exact) mass is 295 g/mol. The first-order valence-electron chi connectivity index (χ1n) is 6.56. The summed E-state index contributed by atoms with van der Waals surface area (Å²) in [4.78, 5) is 22.9. The van der Waals surface area contributed by atoms with E-state index in [1.54, 1.807) is 45.0 Å². The van der Waals surface area contributed by atoms with Gasteiger partial charge >= 0.3 is 12.1 Å². The minimum Gasteiger partial charge on any atom is -0.497 e. The summed E-state index contributed by atoms with van der Waals surface area (Å²) in [5.41, 5.74) is 0.0705. The molecule has 2 N–H and O–H groups in total. The Morgan fingerprint density at radius 2 is 2.00 bits per heavy atom. The maximum absolute atomic E-state index is 11.7. The molecule has 0 aliphatic rings. The molecular formula is C15H21NO5. The predicted molar refractivity (Wildman–Crippen MR) is 77.5 cm³/mol. The number of rotatable bonds is 5. The van der Waals surface area contributed by atoms with Crippen molar-refractivity contribution in [3.05, 3.63) is 29.8 Å². The number of hydrogen-bond acceptors (Lipinski definition) is 4. The number of carboxylic acids is 1. The van der Waals surface area contributed by atoms with E-state index >= 15 is 0 Å². The molecule has 116 valence electrons. The largest absolute Gasteiger partial charge is 0.497 e. The number of benzene rings is 1. The van der Waals surface area contributed by atoms with Crippen LogP contribution in [0.25, 0.3) is 0 Å². The first-order chi connectivity index (χ1) is 9.71. The lowest BCUT2D eigenvalue weighted by atomic mass is 10.1. The van der Waals surface area contributed by atoms with E-state index in [0.29, 0.717) is 5.75 Å². The van der Waals surface area contributed by atoms with Crippen molar-refractivity contribution in [2.45, 2.75) is 38.8 Å². The quantitative estimate of drug-likeness (QED) is 0.870. The number of amides is 1. The van der Waals surface area contributed by atoms with Crippen molar-refractivity contribution in [1.82, 2.24) is 5.32 Å². The summed E-state index contributed by atoms with van der Waals surface area (Å²) in [6, 6.07) is 5.97.